The van der Waals surface area contributed by atoms with Crippen LogP contribution in [0, 0.1) is 0 Å². The van der Waals surface area contributed by atoms with E-state index in [1.165, 1.54) is 0 Å². The Morgan fingerprint density at radius 3 is 2.58 bits per heavy atom. The normalized spacial score (nSPS) is 23.1. The van der Waals surface area contributed by atoms with Crippen molar-refractivity contribution >= 4 is 12.1 Å². The highest BCUT2D eigenvalue weighted by molar-refractivity contribution is 5.68. The molecular weight excluding hydrogens is 250 g/mol. The molecule has 0 saturated heterocycles. The third-order valence-electron chi connectivity index (χ3n) is 2.80. The van der Waals surface area contributed by atoms with Gasteiger partial charge in [0.15, 0.2) is 0 Å². The molecule has 0 aromatic carbocycles. The predicted molar refractivity (Wildman–Crippen MR) is 69.0 cm³/mol. The summed E-state index contributed by atoms with van der Waals surface area (Å²) in [6.07, 6.45) is 2.03. The molecule has 0 bridgehead atoms. The lowest BCUT2D eigenvalue weighted by Crippen LogP contribution is -2.43. The molecular formula is C13H23NO5. The number of carboxylic acid groups (broad SMARTS) is 1. The fourth-order valence-electron chi connectivity index (χ4n) is 2.05. The van der Waals surface area contributed by atoms with Gasteiger partial charge in [0.2, 0.25) is 0 Å². The van der Waals surface area contributed by atoms with Crippen LogP contribution in [0.5, 0.6) is 0 Å². The summed E-state index contributed by atoms with van der Waals surface area (Å²) in [4.78, 5) is 22.1. The number of carboxylic acids is 1. The lowest BCUT2D eigenvalue weighted by atomic mass is 10.2. The summed E-state index contributed by atoms with van der Waals surface area (Å²) in [5, 5.41) is 11.3. The van der Waals surface area contributed by atoms with Gasteiger partial charge >= 0.3 is 12.1 Å². The molecule has 1 saturated carbocycles. The first kappa shape index (κ1) is 15.8. The van der Waals surface area contributed by atoms with Crippen molar-refractivity contribution in [3.05, 3.63) is 0 Å². The quantitative estimate of drug-likeness (QED) is 0.799. The van der Waals surface area contributed by atoms with E-state index in [1.54, 1.807) is 0 Å². The number of alkyl carbamates (subject to hydrolysis) is 1. The van der Waals surface area contributed by atoms with Crippen LogP contribution in [0.2, 0.25) is 0 Å². The maximum atomic E-state index is 11.7. The van der Waals surface area contributed by atoms with Crippen LogP contribution in [0.15, 0.2) is 0 Å². The SMILES string of the molecule is CC(C)(C)OC(=O)N[C@@H]1CCC[C@H]1OCCC(=O)O. The van der Waals surface area contributed by atoms with Gasteiger partial charge in [0.1, 0.15) is 5.60 Å². The number of aliphatic carboxylic acids is 1. The molecule has 0 radical (unpaired) electrons. The average molecular weight is 273 g/mol. The number of carbonyl (C=O) groups is 2. The minimum atomic E-state index is -0.880. The number of ether oxygens (including phenoxy) is 2. The molecule has 19 heavy (non-hydrogen) atoms. The summed E-state index contributed by atoms with van der Waals surface area (Å²) in [6.45, 7) is 5.60. The van der Waals surface area contributed by atoms with Gasteiger partial charge in [0.05, 0.1) is 25.2 Å². The summed E-state index contributed by atoms with van der Waals surface area (Å²) < 4.78 is 10.7. The first-order valence-electron chi connectivity index (χ1n) is 6.61. The van der Waals surface area contributed by atoms with Gasteiger partial charge in [-0.25, -0.2) is 4.79 Å². The van der Waals surface area contributed by atoms with E-state index in [1.807, 2.05) is 20.8 Å². The van der Waals surface area contributed by atoms with Crippen LogP contribution in [-0.4, -0.2) is 41.5 Å². The average Bonchev–Trinajstić information content (AvgIpc) is 2.62. The van der Waals surface area contributed by atoms with Gasteiger partial charge < -0.3 is 19.9 Å². The number of rotatable bonds is 5. The van der Waals surface area contributed by atoms with E-state index in [2.05, 4.69) is 5.32 Å². The number of carbonyl (C=O) groups excluding carboxylic acids is 1. The Bertz CT molecular complexity index is 323. The topological polar surface area (TPSA) is 84.9 Å². The zero-order valence-electron chi connectivity index (χ0n) is 11.8. The largest absolute Gasteiger partial charge is 0.481 e. The molecule has 0 aliphatic heterocycles. The Labute approximate surface area is 113 Å². The molecule has 6 heteroatoms. The molecule has 0 aromatic heterocycles. The second-order valence-corrected chi connectivity index (χ2v) is 5.74. The number of hydrogen-bond donors (Lipinski definition) is 2. The summed E-state index contributed by atoms with van der Waals surface area (Å²) >= 11 is 0. The van der Waals surface area contributed by atoms with Gasteiger partial charge in [-0.1, -0.05) is 0 Å². The van der Waals surface area contributed by atoms with Gasteiger partial charge in [-0.2, -0.15) is 0 Å². The van der Waals surface area contributed by atoms with Crippen LogP contribution in [0.1, 0.15) is 46.5 Å². The van der Waals surface area contributed by atoms with Crippen LogP contribution in [0.4, 0.5) is 4.79 Å². The Balaban J connectivity index is 2.35. The lowest BCUT2D eigenvalue weighted by molar-refractivity contribution is -0.138. The second kappa shape index (κ2) is 6.75. The van der Waals surface area contributed by atoms with Gasteiger partial charge in [0.25, 0.3) is 0 Å². The minimum Gasteiger partial charge on any atom is -0.481 e. The van der Waals surface area contributed by atoms with Gasteiger partial charge in [0, 0.05) is 0 Å². The van der Waals surface area contributed by atoms with Crippen LogP contribution >= 0.6 is 0 Å². The van der Waals surface area contributed by atoms with E-state index in [4.69, 9.17) is 14.6 Å². The fourth-order valence-corrected chi connectivity index (χ4v) is 2.05. The standard InChI is InChI=1S/C13H23NO5/c1-13(2,3)19-12(17)14-9-5-4-6-10(9)18-8-7-11(15)16/h9-10H,4-8H2,1-3H3,(H,14,17)(H,15,16)/t9-,10-/m1/s1. The molecule has 1 amide bonds. The Hall–Kier alpha value is -1.30. The third kappa shape index (κ3) is 6.42. The van der Waals surface area contributed by atoms with Crippen LogP contribution < -0.4 is 5.32 Å². The van der Waals surface area contributed by atoms with E-state index in [-0.39, 0.29) is 25.2 Å². The van der Waals surface area contributed by atoms with Crippen molar-refractivity contribution in [2.75, 3.05) is 6.61 Å². The number of hydrogen-bond acceptors (Lipinski definition) is 4. The van der Waals surface area contributed by atoms with Crippen LogP contribution in [0.25, 0.3) is 0 Å². The highest BCUT2D eigenvalue weighted by atomic mass is 16.6. The monoisotopic (exact) mass is 273 g/mol. The Kier molecular flexibility index (Phi) is 5.60. The summed E-state index contributed by atoms with van der Waals surface area (Å²) in [5.74, 6) is -0.880. The van der Waals surface area contributed by atoms with Crippen molar-refractivity contribution in [2.24, 2.45) is 0 Å². The number of nitrogens with one attached hydrogen (secondary N) is 1. The molecule has 0 heterocycles. The lowest BCUT2D eigenvalue weighted by Gasteiger charge is -2.24. The third-order valence-corrected chi connectivity index (χ3v) is 2.80. The van der Waals surface area contributed by atoms with Gasteiger partial charge in [-0.3, -0.25) is 4.79 Å². The second-order valence-electron chi connectivity index (χ2n) is 5.74. The molecule has 6 nitrogen and oxygen atoms in total. The maximum absolute atomic E-state index is 11.7. The van der Waals surface area contributed by atoms with Gasteiger partial charge in [-0.15, -0.1) is 0 Å². The first-order valence-corrected chi connectivity index (χ1v) is 6.61. The molecule has 1 aliphatic carbocycles. The molecule has 2 atom stereocenters. The zero-order valence-corrected chi connectivity index (χ0v) is 11.8. The highest BCUT2D eigenvalue weighted by Crippen LogP contribution is 2.22. The van der Waals surface area contributed by atoms with E-state index in [0.717, 1.165) is 19.3 Å². The van der Waals surface area contributed by atoms with Crippen molar-refractivity contribution in [3.63, 3.8) is 0 Å². The molecule has 0 unspecified atom stereocenters. The zero-order chi connectivity index (χ0) is 14.5. The molecule has 0 spiro atoms. The Morgan fingerprint density at radius 2 is 2.00 bits per heavy atom. The summed E-state index contributed by atoms with van der Waals surface area (Å²) in [6, 6.07) is -0.0938. The van der Waals surface area contributed by atoms with E-state index >= 15 is 0 Å². The van der Waals surface area contributed by atoms with Gasteiger partial charge in [-0.05, 0) is 40.0 Å². The summed E-state index contributed by atoms with van der Waals surface area (Å²) in [5.41, 5.74) is -0.525. The van der Waals surface area contributed by atoms with E-state index in [9.17, 15) is 9.59 Å². The van der Waals surface area contributed by atoms with E-state index < -0.39 is 17.7 Å². The van der Waals surface area contributed by atoms with Crippen LogP contribution in [-0.2, 0) is 14.3 Å². The molecule has 110 valence electrons. The molecule has 2 N–H and O–H groups in total. The minimum absolute atomic E-state index is 0.0182. The van der Waals surface area contributed by atoms with Crippen molar-refractivity contribution in [3.8, 4) is 0 Å². The number of amides is 1. The highest BCUT2D eigenvalue weighted by Gasteiger charge is 2.30. The molecule has 1 rings (SSSR count). The van der Waals surface area contributed by atoms with Crippen molar-refractivity contribution < 1.29 is 24.2 Å². The fraction of sp³-hybridized carbons (Fsp3) is 0.846. The van der Waals surface area contributed by atoms with E-state index in [0.29, 0.717) is 0 Å². The van der Waals surface area contributed by atoms with Crippen molar-refractivity contribution in [1.82, 2.24) is 5.32 Å². The molecule has 1 fully saturated rings. The van der Waals surface area contributed by atoms with Crippen LogP contribution in [0.3, 0.4) is 0 Å². The maximum Gasteiger partial charge on any atom is 0.407 e. The summed E-state index contributed by atoms with van der Waals surface area (Å²) in [7, 11) is 0. The molecule has 0 aromatic rings. The predicted octanol–water partition coefficient (Wildman–Crippen LogP) is 1.92. The smallest absolute Gasteiger partial charge is 0.407 e. The molecule has 1 aliphatic rings. The van der Waals surface area contributed by atoms with Crippen molar-refractivity contribution in [1.29, 1.82) is 0 Å². The first-order chi connectivity index (χ1) is 8.78. The van der Waals surface area contributed by atoms with Crippen molar-refractivity contribution in [2.45, 2.75) is 64.2 Å². The Morgan fingerprint density at radius 1 is 1.32 bits per heavy atom.